The van der Waals surface area contributed by atoms with E-state index in [9.17, 15) is 25.1 Å². The van der Waals surface area contributed by atoms with Crippen molar-refractivity contribution in [2.45, 2.75) is 26.3 Å². The fourth-order valence-electron chi connectivity index (χ4n) is 2.82. The Kier molecular flexibility index (Phi) is 8.39. The first kappa shape index (κ1) is 23.9. The number of hydrogen-bond donors (Lipinski definition) is 3. The largest absolute Gasteiger partial charge is 1.00 e. The Morgan fingerprint density at radius 2 is 2.00 bits per heavy atom. The van der Waals surface area contributed by atoms with Gasteiger partial charge in [-0.05, 0) is 31.2 Å². The van der Waals surface area contributed by atoms with Gasteiger partial charge in [0.15, 0.2) is 5.76 Å². The molecule has 2 heterocycles. The molecule has 150 valence electrons. The van der Waals surface area contributed by atoms with E-state index in [-0.39, 0.29) is 94.0 Å². The summed E-state index contributed by atoms with van der Waals surface area (Å²) in [4.78, 5) is 23.6. The Hall–Kier alpha value is -2.42. The molecule has 0 saturated carbocycles. The summed E-state index contributed by atoms with van der Waals surface area (Å²) in [5.74, 6) is -1.19. The quantitative estimate of drug-likeness (QED) is 0.449. The van der Waals surface area contributed by atoms with Gasteiger partial charge < -0.3 is 26.0 Å². The first-order chi connectivity index (χ1) is 13.9. The molecule has 10 heteroatoms. The molecule has 0 spiro atoms. The molecule has 0 bridgehead atoms. The standard InChI is InChI=1S/C20H18N4O5.K.H/c1-2-24-10-15(20(27)28)17(11-24)22-18(26)8-7-16-14(9-21)19(29-23-16)12-3-5-13(25)6-4-12;;/h3-6,10-11,25H,2,7-8H2,1H3,(H,22,26)(H,27,28);;/q;+1;-1. The second-order valence-electron chi connectivity index (χ2n) is 6.26. The number of nitrogens with zero attached hydrogens (tertiary/aromatic N) is 3. The monoisotopic (exact) mass is 434 g/mol. The van der Waals surface area contributed by atoms with Gasteiger partial charge in [-0.15, -0.1) is 0 Å². The number of phenolic OH excluding ortho intramolecular Hbond substituents is 1. The van der Waals surface area contributed by atoms with E-state index in [2.05, 4.69) is 10.5 Å². The van der Waals surface area contributed by atoms with Gasteiger partial charge in [0.2, 0.25) is 5.91 Å². The maximum absolute atomic E-state index is 12.3. The van der Waals surface area contributed by atoms with Crippen molar-refractivity contribution in [1.82, 2.24) is 9.72 Å². The Morgan fingerprint density at radius 3 is 2.60 bits per heavy atom. The van der Waals surface area contributed by atoms with E-state index in [0.717, 1.165) is 0 Å². The van der Waals surface area contributed by atoms with Crippen LogP contribution < -0.4 is 56.7 Å². The first-order valence-corrected chi connectivity index (χ1v) is 8.83. The number of carboxylic acid groups (broad SMARTS) is 1. The van der Waals surface area contributed by atoms with E-state index in [1.165, 1.54) is 18.3 Å². The summed E-state index contributed by atoms with van der Waals surface area (Å²) in [6.07, 6.45) is 3.15. The minimum atomic E-state index is -1.13. The second-order valence-corrected chi connectivity index (χ2v) is 6.26. The molecule has 0 saturated heterocycles. The summed E-state index contributed by atoms with van der Waals surface area (Å²) in [6.45, 7) is 2.43. The van der Waals surface area contributed by atoms with Crippen molar-refractivity contribution in [3.63, 3.8) is 0 Å². The Bertz CT molecular complexity index is 1100. The number of benzene rings is 1. The molecule has 0 radical (unpaired) electrons. The fourth-order valence-corrected chi connectivity index (χ4v) is 2.82. The molecule has 0 aliphatic rings. The molecule has 1 amide bonds. The van der Waals surface area contributed by atoms with Crippen molar-refractivity contribution >= 4 is 17.6 Å². The SMILES string of the molecule is CCn1cc(NC(=O)CCc2noc(-c3ccc(O)cc3)c2C#N)c(C(=O)O)c1.[H-].[K+]. The molecule has 0 atom stereocenters. The van der Waals surface area contributed by atoms with Gasteiger partial charge in [0.25, 0.3) is 0 Å². The van der Waals surface area contributed by atoms with Gasteiger partial charge in [-0.2, -0.15) is 5.26 Å². The van der Waals surface area contributed by atoms with Crippen LogP contribution in [0.15, 0.2) is 41.2 Å². The maximum Gasteiger partial charge on any atom is 1.00 e. The molecule has 3 aromatic rings. The summed E-state index contributed by atoms with van der Waals surface area (Å²) >= 11 is 0. The second kappa shape index (κ2) is 10.6. The number of phenols is 1. The zero-order valence-corrected chi connectivity index (χ0v) is 19.7. The molecule has 3 N–H and O–H groups in total. The smallest absolute Gasteiger partial charge is 1.00 e. The minimum Gasteiger partial charge on any atom is -1.00 e. The average molecular weight is 434 g/mol. The van der Waals surface area contributed by atoms with E-state index >= 15 is 0 Å². The number of carbonyl (C=O) groups is 2. The maximum atomic E-state index is 12.3. The van der Waals surface area contributed by atoms with Crippen molar-refractivity contribution in [3.05, 3.63) is 53.5 Å². The molecule has 0 aliphatic carbocycles. The molecule has 3 rings (SSSR count). The molecule has 30 heavy (non-hydrogen) atoms. The van der Waals surface area contributed by atoms with Crippen LogP contribution in [-0.4, -0.2) is 31.8 Å². The zero-order valence-electron chi connectivity index (χ0n) is 17.5. The number of nitrogens with one attached hydrogen (secondary N) is 1. The first-order valence-electron chi connectivity index (χ1n) is 8.83. The Balaban J connectivity index is 0.00000240. The van der Waals surface area contributed by atoms with Gasteiger partial charge in [-0.3, -0.25) is 4.79 Å². The number of aromatic nitrogens is 2. The zero-order chi connectivity index (χ0) is 21.0. The molecule has 0 aliphatic heterocycles. The summed E-state index contributed by atoms with van der Waals surface area (Å²) in [7, 11) is 0. The Morgan fingerprint density at radius 1 is 1.30 bits per heavy atom. The van der Waals surface area contributed by atoms with Crippen LogP contribution in [0.2, 0.25) is 0 Å². The topological polar surface area (TPSA) is 141 Å². The molecule has 9 nitrogen and oxygen atoms in total. The van der Waals surface area contributed by atoms with Crippen molar-refractivity contribution in [2.75, 3.05) is 5.32 Å². The van der Waals surface area contributed by atoms with E-state index in [1.807, 2.05) is 13.0 Å². The predicted molar refractivity (Wildman–Crippen MR) is 103 cm³/mol. The van der Waals surface area contributed by atoms with Crippen LogP contribution in [0.25, 0.3) is 11.3 Å². The van der Waals surface area contributed by atoms with Crippen molar-refractivity contribution in [3.8, 4) is 23.1 Å². The number of carboxylic acids is 1. The van der Waals surface area contributed by atoms with Crippen molar-refractivity contribution < 1.29 is 77.1 Å². The molecule has 0 unspecified atom stereocenters. The van der Waals surface area contributed by atoms with Crippen molar-refractivity contribution in [2.24, 2.45) is 0 Å². The minimum absolute atomic E-state index is 0. The number of carbonyl (C=O) groups excluding carboxylic acids is 1. The number of aromatic hydroxyl groups is 1. The van der Waals surface area contributed by atoms with Crippen LogP contribution >= 0.6 is 0 Å². The van der Waals surface area contributed by atoms with E-state index in [0.29, 0.717) is 17.8 Å². The summed E-state index contributed by atoms with van der Waals surface area (Å²) < 4.78 is 6.93. The number of nitriles is 1. The third-order valence-corrected chi connectivity index (χ3v) is 4.34. The number of amides is 1. The number of anilines is 1. The van der Waals surface area contributed by atoms with Gasteiger partial charge in [0.05, 0.1) is 5.69 Å². The van der Waals surface area contributed by atoms with Gasteiger partial charge in [-0.1, -0.05) is 5.16 Å². The summed E-state index contributed by atoms with van der Waals surface area (Å²) in [5.41, 5.74) is 1.35. The number of aromatic carboxylic acids is 1. The molecular formula is C20H19KN4O5. The van der Waals surface area contributed by atoms with Crippen LogP contribution in [0, 0.1) is 11.3 Å². The molecular weight excluding hydrogens is 415 g/mol. The third kappa shape index (κ3) is 5.38. The van der Waals surface area contributed by atoms with E-state index < -0.39 is 11.9 Å². The normalized spacial score (nSPS) is 10.1. The van der Waals surface area contributed by atoms with Crippen LogP contribution in [-0.2, 0) is 17.8 Å². The predicted octanol–water partition coefficient (Wildman–Crippen LogP) is 0.126. The average Bonchev–Trinajstić information content (AvgIpc) is 3.30. The summed E-state index contributed by atoms with van der Waals surface area (Å²) in [5, 5.41) is 34.6. The number of rotatable bonds is 7. The van der Waals surface area contributed by atoms with Crippen LogP contribution in [0.3, 0.4) is 0 Å². The van der Waals surface area contributed by atoms with Gasteiger partial charge >= 0.3 is 57.4 Å². The van der Waals surface area contributed by atoms with Gasteiger partial charge in [0, 0.05) is 37.3 Å². The van der Waals surface area contributed by atoms with Crippen LogP contribution in [0.4, 0.5) is 5.69 Å². The third-order valence-electron chi connectivity index (χ3n) is 4.34. The molecule has 0 fully saturated rings. The molecule has 1 aromatic carbocycles. The number of hydrogen-bond acceptors (Lipinski definition) is 6. The van der Waals surface area contributed by atoms with E-state index in [4.69, 9.17) is 4.52 Å². The van der Waals surface area contributed by atoms with Crippen LogP contribution in [0.5, 0.6) is 5.75 Å². The summed E-state index contributed by atoms with van der Waals surface area (Å²) in [6, 6.07) is 8.16. The van der Waals surface area contributed by atoms with Crippen LogP contribution in [0.1, 0.15) is 36.4 Å². The van der Waals surface area contributed by atoms with Gasteiger partial charge in [-0.25, -0.2) is 4.79 Å². The van der Waals surface area contributed by atoms with Crippen molar-refractivity contribution in [1.29, 1.82) is 5.26 Å². The molecule has 2 aromatic heterocycles. The Labute approximate surface area is 216 Å². The fraction of sp³-hybridized carbons (Fsp3) is 0.200. The van der Waals surface area contributed by atoms with E-state index in [1.54, 1.807) is 22.9 Å². The number of aryl methyl sites for hydroxylation is 2. The van der Waals surface area contributed by atoms with Gasteiger partial charge in [0.1, 0.15) is 28.6 Å².